The van der Waals surface area contributed by atoms with E-state index in [9.17, 15) is 22.8 Å². The van der Waals surface area contributed by atoms with Crippen molar-refractivity contribution in [3.63, 3.8) is 0 Å². The van der Waals surface area contributed by atoms with E-state index in [1.54, 1.807) is 31.2 Å². The first kappa shape index (κ1) is 19.8. The number of alkyl halides is 3. The van der Waals surface area contributed by atoms with Crippen molar-refractivity contribution in [1.82, 2.24) is 4.98 Å². The number of Topliss-reactive ketones (excluding diaryl/α,β-unsaturated/α-hetero) is 1. The molecule has 2 aromatic carbocycles. The minimum Gasteiger partial charge on any atom is -0.321 e. The van der Waals surface area contributed by atoms with Crippen LogP contribution in [0.25, 0.3) is 10.6 Å². The third-order valence-electron chi connectivity index (χ3n) is 4.02. The molecule has 0 aliphatic heterocycles. The number of hydrogen-bond acceptors (Lipinski definition) is 4. The highest BCUT2D eigenvalue weighted by Crippen LogP contribution is 2.33. The van der Waals surface area contributed by atoms with Crippen molar-refractivity contribution in [1.29, 1.82) is 0 Å². The number of benzene rings is 2. The van der Waals surface area contributed by atoms with Crippen LogP contribution in [0.15, 0.2) is 48.5 Å². The van der Waals surface area contributed by atoms with Gasteiger partial charge in [-0.25, -0.2) is 4.98 Å². The SMILES string of the molecule is CC(=O)c1ccccc1NC(=O)c1sc(-c2ccc(C(F)(F)F)cc2)nc1C. The predicted molar refractivity (Wildman–Crippen MR) is 102 cm³/mol. The van der Waals surface area contributed by atoms with Crippen LogP contribution in [-0.4, -0.2) is 16.7 Å². The van der Waals surface area contributed by atoms with Gasteiger partial charge < -0.3 is 5.32 Å². The summed E-state index contributed by atoms with van der Waals surface area (Å²) in [6.45, 7) is 3.06. The fourth-order valence-electron chi connectivity index (χ4n) is 2.61. The Bertz CT molecular complexity index is 1040. The maximum absolute atomic E-state index is 12.7. The normalized spacial score (nSPS) is 11.3. The van der Waals surface area contributed by atoms with Gasteiger partial charge in [0.15, 0.2) is 5.78 Å². The summed E-state index contributed by atoms with van der Waals surface area (Å²) >= 11 is 1.08. The molecule has 3 rings (SSSR count). The summed E-state index contributed by atoms with van der Waals surface area (Å²) < 4.78 is 38.1. The Morgan fingerprint density at radius 2 is 1.68 bits per heavy atom. The second-order valence-corrected chi connectivity index (χ2v) is 7.06. The molecule has 28 heavy (non-hydrogen) atoms. The number of thiazole rings is 1. The monoisotopic (exact) mass is 404 g/mol. The molecule has 4 nitrogen and oxygen atoms in total. The van der Waals surface area contributed by atoms with E-state index in [1.807, 2.05) is 0 Å². The first-order valence-corrected chi connectivity index (χ1v) is 9.05. The maximum Gasteiger partial charge on any atom is 0.416 e. The number of nitrogens with one attached hydrogen (secondary N) is 1. The van der Waals surface area contributed by atoms with Crippen LogP contribution in [0.4, 0.5) is 18.9 Å². The molecule has 0 bridgehead atoms. The van der Waals surface area contributed by atoms with Crippen LogP contribution < -0.4 is 5.32 Å². The van der Waals surface area contributed by atoms with Crippen molar-refractivity contribution in [3.05, 3.63) is 70.2 Å². The molecular formula is C20H15F3N2O2S. The lowest BCUT2D eigenvalue weighted by Gasteiger charge is -2.08. The van der Waals surface area contributed by atoms with Gasteiger partial charge in [-0.1, -0.05) is 24.3 Å². The van der Waals surface area contributed by atoms with Crippen LogP contribution in [-0.2, 0) is 6.18 Å². The molecule has 0 fully saturated rings. The first-order chi connectivity index (χ1) is 13.2. The fraction of sp³-hybridized carbons (Fsp3) is 0.150. The molecule has 1 amide bonds. The number of carbonyl (C=O) groups excluding carboxylic acids is 2. The molecule has 1 aromatic heterocycles. The lowest BCUT2D eigenvalue weighted by atomic mass is 10.1. The van der Waals surface area contributed by atoms with Crippen LogP contribution in [0, 0.1) is 6.92 Å². The van der Waals surface area contributed by atoms with Gasteiger partial charge in [0.1, 0.15) is 9.88 Å². The molecular weight excluding hydrogens is 389 g/mol. The van der Waals surface area contributed by atoms with E-state index in [-0.39, 0.29) is 5.78 Å². The Balaban J connectivity index is 1.86. The van der Waals surface area contributed by atoms with Crippen molar-refractivity contribution in [2.45, 2.75) is 20.0 Å². The van der Waals surface area contributed by atoms with Gasteiger partial charge in [0, 0.05) is 11.1 Å². The zero-order valence-corrected chi connectivity index (χ0v) is 15.7. The number of ketones is 1. The summed E-state index contributed by atoms with van der Waals surface area (Å²) in [7, 11) is 0. The van der Waals surface area contributed by atoms with E-state index in [4.69, 9.17) is 0 Å². The molecule has 0 aliphatic rings. The summed E-state index contributed by atoms with van der Waals surface area (Å²) in [5.41, 5.74) is 0.982. The van der Waals surface area contributed by atoms with Gasteiger partial charge in [0.05, 0.1) is 16.9 Å². The molecule has 144 valence electrons. The lowest BCUT2D eigenvalue weighted by Crippen LogP contribution is -2.14. The Kier molecular flexibility index (Phi) is 5.33. The number of aryl methyl sites for hydroxylation is 1. The number of nitrogens with zero attached hydrogens (tertiary/aromatic N) is 1. The minimum atomic E-state index is -4.41. The van der Waals surface area contributed by atoms with Gasteiger partial charge in [-0.3, -0.25) is 9.59 Å². The Labute approximate surface area is 163 Å². The average molecular weight is 404 g/mol. The van der Waals surface area contributed by atoms with Crippen LogP contribution in [0.2, 0.25) is 0 Å². The van der Waals surface area contributed by atoms with Crippen molar-refractivity contribution >= 4 is 28.7 Å². The number of hydrogen-bond donors (Lipinski definition) is 1. The number of carbonyl (C=O) groups is 2. The fourth-order valence-corrected chi connectivity index (χ4v) is 3.58. The van der Waals surface area contributed by atoms with Gasteiger partial charge in [-0.05, 0) is 38.1 Å². The van der Waals surface area contributed by atoms with E-state index < -0.39 is 17.6 Å². The van der Waals surface area contributed by atoms with Gasteiger partial charge in [0.2, 0.25) is 0 Å². The molecule has 8 heteroatoms. The van der Waals surface area contributed by atoms with Crippen LogP contribution >= 0.6 is 11.3 Å². The molecule has 0 spiro atoms. The smallest absolute Gasteiger partial charge is 0.321 e. The van der Waals surface area contributed by atoms with Gasteiger partial charge >= 0.3 is 6.18 Å². The quantitative estimate of drug-likeness (QED) is 0.577. The Hall–Kier alpha value is -3.00. The standard InChI is InChI=1S/C20H15F3N2O2S/c1-11-17(18(27)25-16-6-4-3-5-15(16)12(2)26)28-19(24-11)13-7-9-14(10-8-13)20(21,22)23/h3-10H,1-2H3,(H,25,27). The van der Waals surface area contributed by atoms with Gasteiger partial charge in [0.25, 0.3) is 5.91 Å². The summed E-state index contributed by atoms with van der Waals surface area (Å²) in [5.74, 6) is -0.607. The molecule has 3 aromatic rings. The third kappa shape index (κ3) is 4.12. The molecule has 0 radical (unpaired) electrons. The topological polar surface area (TPSA) is 59.1 Å². The zero-order chi connectivity index (χ0) is 20.5. The van der Waals surface area contributed by atoms with Crippen molar-refractivity contribution in [3.8, 4) is 10.6 Å². The molecule has 1 heterocycles. The zero-order valence-electron chi connectivity index (χ0n) is 14.9. The highest BCUT2D eigenvalue weighted by Gasteiger charge is 2.30. The number of para-hydroxylation sites is 1. The lowest BCUT2D eigenvalue weighted by molar-refractivity contribution is -0.137. The second kappa shape index (κ2) is 7.55. The van der Waals surface area contributed by atoms with Crippen LogP contribution in [0.5, 0.6) is 0 Å². The van der Waals surface area contributed by atoms with E-state index in [0.717, 1.165) is 23.5 Å². The van der Waals surface area contributed by atoms with E-state index >= 15 is 0 Å². The third-order valence-corrected chi connectivity index (χ3v) is 5.22. The predicted octanol–water partition coefficient (Wildman–Crippen LogP) is 5.59. The van der Waals surface area contributed by atoms with Gasteiger partial charge in [-0.15, -0.1) is 11.3 Å². The molecule has 0 aliphatic carbocycles. The molecule has 1 N–H and O–H groups in total. The summed E-state index contributed by atoms with van der Waals surface area (Å²) in [4.78, 5) is 29.0. The molecule has 0 atom stereocenters. The summed E-state index contributed by atoms with van der Waals surface area (Å²) in [5, 5.41) is 3.15. The molecule has 0 unspecified atom stereocenters. The van der Waals surface area contributed by atoms with Crippen LogP contribution in [0.3, 0.4) is 0 Å². The van der Waals surface area contributed by atoms with Crippen molar-refractivity contribution < 1.29 is 22.8 Å². The largest absolute Gasteiger partial charge is 0.416 e. The first-order valence-electron chi connectivity index (χ1n) is 8.23. The second-order valence-electron chi connectivity index (χ2n) is 6.06. The maximum atomic E-state index is 12.7. The summed E-state index contributed by atoms with van der Waals surface area (Å²) in [6.07, 6.45) is -4.41. The number of halogens is 3. The Morgan fingerprint density at radius 1 is 1.04 bits per heavy atom. The van der Waals surface area contributed by atoms with Crippen molar-refractivity contribution in [2.24, 2.45) is 0 Å². The number of rotatable bonds is 4. The highest BCUT2D eigenvalue weighted by atomic mass is 32.1. The summed E-state index contributed by atoms with van der Waals surface area (Å²) in [6, 6.07) is 11.3. The molecule has 0 saturated carbocycles. The minimum absolute atomic E-state index is 0.178. The number of anilines is 1. The van der Waals surface area contributed by atoms with Crippen LogP contribution in [0.1, 0.15) is 38.2 Å². The van der Waals surface area contributed by atoms with E-state index in [1.165, 1.54) is 19.1 Å². The van der Waals surface area contributed by atoms with E-state index in [2.05, 4.69) is 10.3 Å². The average Bonchev–Trinajstić information content (AvgIpc) is 3.03. The van der Waals surface area contributed by atoms with E-state index in [0.29, 0.717) is 32.4 Å². The van der Waals surface area contributed by atoms with Gasteiger partial charge in [-0.2, -0.15) is 13.2 Å². The number of aromatic nitrogens is 1. The molecule has 0 saturated heterocycles. The van der Waals surface area contributed by atoms with Crippen molar-refractivity contribution in [2.75, 3.05) is 5.32 Å². The number of amides is 1. The Morgan fingerprint density at radius 3 is 2.29 bits per heavy atom. The highest BCUT2D eigenvalue weighted by molar-refractivity contribution is 7.17.